The molecule has 5 nitrogen and oxygen atoms in total. The molecule has 1 aromatic heterocycles. The van der Waals surface area contributed by atoms with Crippen molar-refractivity contribution in [3.8, 4) is 11.5 Å². The molecule has 7 heteroatoms. The van der Waals surface area contributed by atoms with Crippen LogP contribution in [0.15, 0.2) is 16.6 Å². The molecule has 25 heavy (non-hydrogen) atoms. The number of fused-ring (bicyclic) bond motifs is 3. The van der Waals surface area contributed by atoms with Crippen LogP contribution in [-0.2, 0) is 12.8 Å². The van der Waals surface area contributed by atoms with Gasteiger partial charge in [0, 0.05) is 14.9 Å². The number of nitrogens with one attached hydrogen (secondary N) is 2. The summed E-state index contributed by atoms with van der Waals surface area (Å²) in [5.74, 6) is 0.974. The van der Waals surface area contributed by atoms with Gasteiger partial charge in [-0.3, -0.25) is 4.79 Å². The van der Waals surface area contributed by atoms with E-state index in [1.165, 1.54) is 17.6 Å². The first kappa shape index (κ1) is 16.7. The van der Waals surface area contributed by atoms with Crippen molar-refractivity contribution in [1.29, 1.82) is 0 Å². The lowest BCUT2D eigenvalue weighted by molar-refractivity contribution is 0.0934. The number of carbonyl (C=O) groups is 1. The molecular formula is C18H19BrN2O3S. The smallest absolute Gasteiger partial charge is 0.256 e. The van der Waals surface area contributed by atoms with Gasteiger partial charge in [-0.1, -0.05) is 22.9 Å². The Kier molecular flexibility index (Phi) is 4.16. The third-order valence-corrected chi connectivity index (χ3v) is 6.53. The summed E-state index contributed by atoms with van der Waals surface area (Å²) in [6, 6.07) is 3.48. The van der Waals surface area contributed by atoms with Gasteiger partial charge in [0.15, 0.2) is 11.5 Å². The van der Waals surface area contributed by atoms with Gasteiger partial charge >= 0.3 is 0 Å². The van der Waals surface area contributed by atoms with Crippen molar-refractivity contribution in [1.82, 2.24) is 5.32 Å². The maximum absolute atomic E-state index is 12.8. The Balaban J connectivity index is 1.73. The van der Waals surface area contributed by atoms with Crippen molar-refractivity contribution in [3.05, 3.63) is 38.2 Å². The molecule has 1 amide bonds. The molecule has 0 unspecified atom stereocenters. The van der Waals surface area contributed by atoms with Crippen LogP contribution in [0.5, 0.6) is 11.5 Å². The van der Waals surface area contributed by atoms with Crippen LogP contribution in [-0.4, -0.2) is 18.1 Å². The third kappa shape index (κ3) is 2.79. The summed E-state index contributed by atoms with van der Waals surface area (Å²) in [7, 11) is 1.50. The van der Waals surface area contributed by atoms with Gasteiger partial charge in [0.2, 0.25) is 0 Å². The van der Waals surface area contributed by atoms with Crippen molar-refractivity contribution in [2.75, 3.05) is 12.4 Å². The first-order valence-corrected chi connectivity index (χ1v) is 9.87. The summed E-state index contributed by atoms with van der Waals surface area (Å²) in [5, 5.41) is 17.7. The summed E-state index contributed by atoms with van der Waals surface area (Å²) in [4.78, 5) is 14.1. The molecule has 132 valence electrons. The monoisotopic (exact) mass is 422 g/mol. The number of hydrogen-bond acceptors (Lipinski definition) is 5. The SMILES string of the molecule is COc1cc(Br)cc([C@@H]2NC(=O)c3c(sc4c3CC[C@@H](C)C4)N2)c1O. The number of aromatic hydroxyl groups is 1. The van der Waals surface area contributed by atoms with E-state index >= 15 is 0 Å². The molecule has 0 spiro atoms. The second kappa shape index (κ2) is 6.21. The Morgan fingerprint density at radius 2 is 2.16 bits per heavy atom. The second-order valence-corrected chi connectivity index (χ2v) is 8.67. The van der Waals surface area contributed by atoms with Crippen molar-refractivity contribution in [2.45, 2.75) is 32.4 Å². The van der Waals surface area contributed by atoms with Crippen molar-refractivity contribution >= 4 is 38.2 Å². The number of carbonyl (C=O) groups excluding carboxylic acids is 1. The molecule has 4 rings (SSSR count). The van der Waals surface area contributed by atoms with E-state index in [9.17, 15) is 9.90 Å². The van der Waals surface area contributed by atoms with Crippen LogP contribution < -0.4 is 15.4 Å². The average molecular weight is 423 g/mol. The maximum atomic E-state index is 12.8. The number of phenolic OH excluding ortho intramolecular Hbond substituents is 1. The quantitative estimate of drug-likeness (QED) is 0.677. The lowest BCUT2D eigenvalue weighted by atomic mass is 9.88. The second-order valence-electron chi connectivity index (χ2n) is 6.65. The first-order valence-electron chi connectivity index (χ1n) is 8.26. The molecule has 1 aliphatic carbocycles. The van der Waals surface area contributed by atoms with E-state index in [4.69, 9.17) is 4.74 Å². The topological polar surface area (TPSA) is 70.6 Å². The molecule has 0 bridgehead atoms. The fraction of sp³-hybridized carbons (Fsp3) is 0.389. The number of thiophene rings is 1. The molecular weight excluding hydrogens is 404 g/mol. The highest BCUT2D eigenvalue weighted by Crippen LogP contribution is 2.44. The van der Waals surface area contributed by atoms with E-state index in [1.807, 2.05) is 0 Å². The lowest BCUT2D eigenvalue weighted by Crippen LogP contribution is -2.38. The van der Waals surface area contributed by atoms with Gasteiger partial charge in [0.1, 0.15) is 11.2 Å². The summed E-state index contributed by atoms with van der Waals surface area (Å²) in [6.45, 7) is 2.25. The van der Waals surface area contributed by atoms with E-state index in [-0.39, 0.29) is 11.7 Å². The van der Waals surface area contributed by atoms with Gasteiger partial charge in [-0.2, -0.15) is 0 Å². The standard InChI is InChI=1S/C18H19BrN2O3S/c1-8-3-4-10-13(5-8)25-18-14(10)17(23)20-16(21-18)11-6-9(19)7-12(24-2)15(11)22/h6-8,16,21-22H,3-5H2,1-2H3,(H,20,23)/t8-,16-/m1/s1. The minimum absolute atomic E-state index is 0.0295. The van der Waals surface area contributed by atoms with Crippen LogP contribution in [0.1, 0.15) is 45.9 Å². The first-order chi connectivity index (χ1) is 12.0. The zero-order chi connectivity index (χ0) is 17.7. The fourth-order valence-electron chi connectivity index (χ4n) is 3.59. The number of amides is 1. The number of phenols is 1. The summed E-state index contributed by atoms with van der Waals surface area (Å²) in [5.41, 5.74) is 2.55. The van der Waals surface area contributed by atoms with Crippen LogP contribution in [0.2, 0.25) is 0 Å². The molecule has 1 aromatic carbocycles. The third-order valence-electron chi connectivity index (χ3n) is 4.89. The predicted octanol–water partition coefficient (Wildman–Crippen LogP) is 4.20. The number of methoxy groups -OCH3 is 1. The highest BCUT2D eigenvalue weighted by molar-refractivity contribution is 9.10. The molecule has 0 saturated carbocycles. The van der Waals surface area contributed by atoms with Crippen LogP contribution in [0.25, 0.3) is 0 Å². The van der Waals surface area contributed by atoms with Crippen LogP contribution in [0.3, 0.4) is 0 Å². The van der Waals surface area contributed by atoms with E-state index in [2.05, 4.69) is 33.5 Å². The van der Waals surface area contributed by atoms with E-state index < -0.39 is 6.17 Å². The van der Waals surface area contributed by atoms with Crippen LogP contribution in [0, 0.1) is 5.92 Å². The Bertz CT molecular complexity index is 864. The van der Waals surface area contributed by atoms with Gasteiger partial charge < -0.3 is 20.5 Å². The molecule has 2 heterocycles. The molecule has 2 atom stereocenters. The van der Waals surface area contributed by atoms with Crippen molar-refractivity contribution < 1.29 is 14.6 Å². The molecule has 0 saturated heterocycles. The van der Waals surface area contributed by atoms with Crippen LogP contribution >= 0.6 is 27.3 Å². The average Bonchev–Trinajstić information content (AvgIpc) is 2.94. The maximum Gasteiger partial charge on any atom is 0.256 e. The molecule has 2 aliphatic rings. The number of halogens is 1. The highest BCUT2D eigenvalue weighted by atomic mass is 79.9. The number of anilines is 1. The van der Waals surface area contributed by atoms with E-state index in [0.717, 1.165) is 34.3 Å². The minimum atomic E-state index is -0.496. The molecule has 0 fully saturated rings. The normalized spacial score (nSPS) is 21.8. The molecule has 3 N–H and O–H groups in total. The number of rotatable bonds is 2. The Morgan fingerprint density at radius 3 is 2.92 bits per heavy atom. The summed E-state index contributed by atoms with van der Waals surface area (Å²) in [6.07, 6.45) is 2.61. The Hall–Kier alpha value is -1.73. The largest absolute Gasteiger partial charge is 0.504 e. The minimum Gasteiger partial charge on any atom is -0.504 e. The van der Waals surface area contributed by atoms with Gasteiger partial charge in [-0.05, 0) is 42.9 Å². The molecule has 1 aliphatic heterocycles. The van der Waals surface area contributed by atoms with Crippen LogP contribution in [0.4, 0.5) is 5.00 Å². The fourth-order valence-corrected chi connectivity index (χ4v) is 5.48. The zero-order valence-electron chi connectivity index (χ0n) is 14.0. The number of ether oxygens (including phenoxy) is 1. The van der Waals surface area contributed by atoms with E-state index in [1.54, 1.807) is 23.5 Å². The van der Waals surface area contributed by atoms with Gasteiger partial charge in [-0.25, -0.2) is 0 Å². The Morgan fingerprint density at radius 1 is 1.36 bits per heavy atom. The van der Waals surface area contributed by atoms with Crippen molar-refractivity contribution in [3.63, 3.8) is 0 Å². The predicted molar refractivity (Wildman–Crippen MR) is 102 cm³/mol. The molecule has 2 aromatic rings. The number of hydrogen-bond donors (Lipinski definition) is 3. The van der Waals surface area contributed by atoms with Gasteiger partial charge in [-0.15, -0.1) is 11.3 Å². The molecule has 0 radical (unpaired) electrons. The van der Waals surface area contributed by atoms with E-state index in [0.29, 0.717) is 17.2 Å². The number of benzene rings is 1. The lowest BCUT2D eigenvalue weighted by Gasteiger charge is -2.28. The van der Waals surface area contributed by atoms with Gasteiger partial charge in [0.25, 0.3) is 5.91 Å². The van der Waals surface area contributed by atoms with Crippen molar-refractivity contribution in [2.24, 2.45) is 5.92 Å². The summed E-state index contributed by atoms with van der Waals surface area (Å²) < 4.78 is 5.99. The Labute approximate surface area is 158 Å². The zero-order valence-corrected chi connectivity index (χ0v) is 16.4. The van der Waals surface area contributed by atoms with Gasteiger partial charge in [0.05, 0.1) is 12.7 Å². The highest BCUT2D eigenvalue weighted by Gasteiger charge is 2.34. The summed E-state index contributed by atoms with van der Waals surface area (Å²) >= 11 is 5.09.